The fraction of sp³-hybridized carbons (Fsp3) is 0.529. The number of amides is 1. The number of benzene rings is 1. The molecule has 5 nitrogen and oxygen atoms in total. The molecule has 2 N–H and O–H groups in total. The summed E-state index contributed by atoms with van der Waals surface area (Å²) in [5.74, 6) is 0.706. The van der Waals surface area contributed by atoms with Gasteiger partial charge in [-0.25, -0.2) is 0 Å². The molecule has 0 aromatic heterocycles. The zero-order chi connectivity index (χ0) is 15.8. The molecule has 1 heterocycles. The van der Waals surface area contributed by atoms with Crippen LogP contribution in [-0.4, -0.2) is 37.4 Å². The molecule has 1 aromatic carbocycles. The molecule has 22 heavy (non-hydrogen) atoms. The Morgan fingerprint density at radius 1 is 1.18 bits per heavy atom. The van der Waals surface area contributed by atoms with Crippen molar-refractivity contribution in [3.8, 4) is 5.75 Å². The molecule has 0 aliphatic carbocycles. The lowest BCUT2D eigenvalue weighted by Crippen LogP contribution is -2.42. The second kappa shape index (κ2) is 8.54. The molecule has 0 atom stereocenters. The van der Waals surface area contributed by atoms with Gasteiger partial charge in [0.2, 0.25) is 5.91 Å². The minimum atomic E-state index is -0.0359. The van der Waals surface area contributed by atoms with E-state index in [-0.39, 0.29) is 30.6 Å². The highest BCUT2D eigenvalue weighted by Crippen LogP contribution is 2.14. The summed E-state index contributed by atoms with van der Waals surface area (Å²) in [5.41, 5.74) is 0.623. The van der Waals surface area contributed by atoms with Crippen molar-refractivity contribution >= 4 is 11.7 Å². The Bertz CT molecular complexity index is 493. The van der Waals surface area contributed by atoms with E-state index in [1.54, 1.807) is 24.3 Å². The minimum Gasteiger partial charge on any atom is -0.494 e. The van der Waals surface area contributed by atoms with E-state index in [9.17, 15) is 9.59 Å². The van der Waals surface area contributed by atoms with E-state index in [4.69, 9.17) is 4.74 Å². The number of hydrogen-bond acceptors (Lipinski definition) is 4. The monoisotopic (exact) mass is 304 g/mol. The number of rotatable bonds is 7. The van der Waals surface area contributed by atoms with Gasteiger partial charge in [0.25, 0.3) is 0 Å². The molecule has 5 heteroatoms. The first-order valence-electron chi connectivity index (χ1n) is 7.95. The standard InChI is InChI=1S/C17H24N2O3/c1-2-22-15-5-3-13(4-6-15)16(20)7-8-17(21)19-14-9-11-18-12-10-14/h3-6,14,18H,2,7-12H2,1H3,(H,19,21). The summed E-state index contributed by atoms with van der Waals surface area (Å²) < 4.78 is 5.34. The Kier molecular flexibility index (Phi) is 6.40. The van der Waals surface area contributed by atoms with E-state index in [0.29, 0.717) is 12.2 Å². The number of piperidine rings is 1. The normalized spacial score (nSPS) is 15.3. The van der Waals surface area contributed by atoms with Gasteiger partial charge in [-0.3, -0.25) is 9.59 Å². The predicted molar refractivity (Wildman–Crippen MR) is 85.2 cm³/mol. The SMILES string of the molecule is CCOc1ccc(C(=O)CCC(=O)NC2CCNCC2)cc1. The van der Waals surface area contributed by atoms with E-state index >= 15 is 0 Å². The summed E-state index contributed by atoms with van der Waals surface area (Å²) in [6, 6.07) is 7.31. The third-order valence-electron chi connectivity index (χ3n) is 3.77. The van der Waals surface area contributed by atoms with E-state index in [1.165, 1.54) is 0 Å². The lowest BCUT2D eigenvalue weighted by atomic mass is 10.0. The number of Topliss-reactive ketones (excluding diaryl/α,β-unsaturated/α-hetero) is 1. The van der Waals surface area contributed by atoms with Gasteiger partial charge in [-0.05, 0) is 57.1 Å². The maximum Gasteiger partial charge on any atom is 0.220 e. The van der Waals surface area contributed by atoms with Crippen LogP contribution < -0.4 is 15.4 Å². The van der Waals surface area contributed by atoms with Gasteiger partial charge in [0.1, 0.15) is 5.75 Å². The molecular weight excluding hydrogens is 280 g/mol. The third kappa shape index (κ3) is 5.15. The van der Waals surface area contributed by atoms with E-state index in [1.807, 2.05) is 6.92 Å². The van der Waals surface area contributed by atoms with Crippen molar-refractivity contribution < 1.29 is 14.3 Å². The average Bonchev–Trinajstić information content (AvgIpc) is 2.54. The molecule has 1 amide bonds. The van der Waals surface area contributed by atoms with Crippen molar-refractivity contribution in [3.63, 3.8) is 0 Å². The van der Waals surface area contributed by atoms with Crippen LogP contribution in [0.5, 0.6) is 5.75 Å². The van der Waals surface area contributed by atoms with Crippen LogP contribution in [0.1, 0.15) is 43.0 Å². The third-order valence-corrected chi connectivity index (χ3v) is 3.77. The molecule has 1 fully saturated rings. The van der Waals surface area contributed by atoms with Gasteiger partial charge in [0, 0.05) is 24.4 Å². The van der Waals surface area contributed by atoms with Crippen LogP contribution >= 0.6 is 0 Å². The summed E-state index contributed by atoms with van der Waals surface area (Å²) in [6.45, 7) is 4.40. The first-order chi connectivity index (χ1) is 10.7. The van der Waals surface area contributed by atoms with Crippen LogP contribution in [0, 0.1) is 0 Å². The number of hydrogen-bond donors (Lipinski definition) is 2. The molecule has 1 saturated heterocycles. The molecule has 120 valence electrons. The molecule has 1 aromatic rings. The Morgan fingerprint density at radius 2 is 1.86 bits per heavy atom. The number of ether oxygens (including phenoxy) is 1. The van der Waals surface area contributed by atoms with Gasteiger partial charge in [-0.2, -0.15) is 0 Å². The van der Waals surface area contributed by atoms with Crippen molar-refractivity contribution in [2.75, 3.05) is 19.7 Å². The molecule has 0 spiro atoms. The average molecular weight is 304 g/mol. The van der Waals surface area contributed by atoms with Crippen molar-refractivity contribution in [1.82, 2.24) is 10.6 Å². The highest BCUT2D eigenvalue weighted by molar-refractivity contribution is 5.98. The predicted octanol–water partition coefficient (Wildman–Crippen LogP) is 1.92. The van der Waals surface area contributed by atoms with Crippen LogP contribution in [0.15, 0.2) is 24.3 Å². The zero-order valence-corrected chi connectivity index (χ0v) is 13.1. The maximum absolute atomic E-state index is 12.1. The Balaban J connectivity index is 1.75. The second-order valence-corrected chi connectivity index (χ2v) is 5.47. The van der Waals surface area contributed by atoms with Crippen LogP contribution in [0.25, 0.3) is 0 Å². The Labute approximate surface area is 131 Å². The van der Waals surface area contributed by atoms with Gasteiger partial charge in [-0.1, -0.05) is 0 Å². The molecule has 0 radical (unpaired) electrons. The largest absolute Gasteiger partial charge is 0.494 e. The zero-order valence-electron chi connectivity index (χ0n) is 13.1. The Morgan fingerprint density at radius 3 is 2.50 bits per heavy atom. The van der Waals surface area contributed by atoms with Gasteiger partial charge < -0.3 is 15.4 Å². The first-order valence-corrected chi connectivity index (χ1v) is 7.95. The van der Waals surface area contributed by atoms with Crippen LogP contribution in [0.4, 0.5) is 0 Å². The van der Waals surface area contributed by atoms with Gasteiger partial charge in [0.15, 0.2) is 5.78 Å². The second-order valence-electron chi connectivity index (χ2n) is 5.47. The van der Waals surface area contributed by atoms with Gasteiger partial charge >= 0.3 is 0 Å². The summed E-state index contributed by atoms with van der Waals surface area (Å²) in [5, 5.41) is 6.26. The van der Waals surface area contributed by atoms with E-state index in [2.05, 4.69) is 10.6 Å². The lowest BCUT2D eigenvalue weighted by molar-refractivity contribution is -0.121. The lowest BCUT2D eigenvalue weighted by Gasteiger charge is -2.23. The molecular formula is C17H24N2O3. The Hall–Kier alpha value is -1.88. The van der Waals surface area contributed by atoms with E-state index < -0.39 is 0 Å². The first kappa shape index (κ1) is 16.5. The topological polar surface area (TPSA) is 67.4 Å². The van der Waals surface area contributed by atoms with E-state index in [0.717, 1.165) is 31.7 Å². The maximum atomic E-state index is 12.1. The van der Waals surface area contributed by atoms with Gasteiger partial charge in [0.05, 0.1) is 6.61 Å². The fourth-order valence-corrected chi connectivity index (χ4v) is 2.54. The highest BCUT2D eigenvalue weighted by Gasteiger charge is 2.16. The summed E-state index contributed by atoms with van der Waals surface area (Å²) in [7, 11) is 0. The summed E-state index contributed by atoms with van der Waals surface area (Å²) >= 11 is 0. The number of nitrogens with one attached hydrogen (secondary N) is 2. The molecule has 1 aliphatic heterocycles. The molecule has 0 unspecified atom stereocenters. The van der Waals surface area contributed by atoms with Crippen LogP contribution in [-0.2, 0) is 4.79 Å². The van der Waals surface area contributed by atoms with Crippen LogP contribution in [0.3, 0.4) is 0 Å². The number of carbonyl (C=O) groups is 2. The smallest absolute Gasteiger partial charge is 0.220 e. The highest BCUT2D eigenvalue weighted by atomic mass is 16.5. The molecule has 1 aliphatic rings. The number of carbonyl (C=O) groups excluding carboxylic acids is 2. The van der Waals surface area contributed by atoms with Crippen molar-refractivity contribution in [2.45, 2.75) is 38.6 Å². The van der Waals surface area contributed by atoms with Gasteiger partial charge in [-0.15, -0.1) is 0 Å². The van der Waals surface area contributed by atoms with Crippen LogP contribution in [0.2, 0.25) is 0 Å². The fourth-order valence-electron chi connectivity index (χ4n) is 2.54. The summed E-state index contributed by atoms with van der Waals surface area (Å²) in [6.07, 6.45) is 2.40. The minimum absolute atomic E-state index is 0.0106. The molecule has 2 rings (SSSR count). The molecule has 0 bridgehead atoms. The van der Waals surface area contributed by atoms with Crippen molar-refractivity contribution in [1.29, 1.82) is 0 Å². The number of ketones is 1. The van der Waals surface area contributed by atoms with Crippen molar-refractivity contribution in [3.05, 3.63) is 29.8 Å². The summed E-state index contributed by atoms with van der Waals surface area (Å²) in [4.78, 5) is 24.0. The quantitative estimate of drug-likeness (QED) is 0.755. The van der Waals surface area contributed by atoms with Crippen molar-refractivity contribution in [2.24, 2.45) is 0 Å². The molecule has 0 saturated carbocycles.